The molecule has 17 heavy (non-hydrogen) atoms. The van der Waals surface area contributed by atoms with E-state index in [9.17, 15) is 0 Å². The molecule has 0 aliphatic rings. The highest BCUT2D eigenvalue weighted by Gasteiger charge is 2.06. The zero-order valence-corrected chi connectivity index (χ0v) is 8.82. The average molecular weight is 227 g/mol. The van der Waals surface area contributed by atoms with E-state index in [-0.39, 0.29) is 0 Å². The summed E-state index contributed by atoms with van der Waals surface area (Å²) in [6.07, 6.45) is 4.97. The zero-order valence-electron chi connectivity index (χ0n) is 8.82. The van der Waals surface area contributed by atoms with Crippen molar-refractivity contribution >= 4 is 11.3 Å². The van der Waals surface area contributed by atoms with Gasteiger partial charge in [-0.05, 0) is 24.3 Å². The molecular weight excluding hydrogens is 218 g/mol. The SMILES string of the molecule is Nc1ccc(Oc2nccn3cnnc23)cc1. The Hall–Kier alpha value is -2.63. The molecule has 2 N–H and O–H groups in total. The van der Waals surface area contributed by atoms with Crippen LogP contribution < -0.4 is 10.5 Å². The van der Waals surface area contributed by atoms with Gasteiger partial charge in [-0.2, -0.15) is 0 Å². The molecule has 3 rings (SSSR count). The van der Waals surface area contributed by atoms with Crippen LogP contribution in [0.25, 0.3) is 5.65 Å². The molecule has 0 fully saturated rings. The van der Waals surface area contributed by atoms with Crippen LogP contribution in [0.1, 0.15) is 0 Å². The third kappa shape index (κ3) is 1.76. The van der Waals surface area contributed by atoms with E-state index in [4.69, 9.17) is 10.5 Å². The Balaban J connectivity index is 1.99. The van der Waals surface area contributed by atoms with Crippen LogP contribution >= 0.6 is 0 Å². The Kier molecular flexibility index (Phi) is 2.11. The summed E-state index contributed by atoms with van der Waals surface area (Å²) in [5.74, 6) is 1.07. The van der Waals surface area contributed by atoms with Gasteiger partial charge in [0.1, 0.15) is 12.1 Å². The molecule has 6 heteroatoms. The molecule has 0 radical (unpaired) electrons. The lowest BCUT2D eigenvalue weighted by Gasteiger charge is -2.04. The molecule has 0 atom stereocenters. The first kappa shape index (κ1) is 9.59. The number of hydrogen-bond donors (Lipinski definition) is 1. The number of anilines is 1. The van der Waals surface area contributed by atoms with E-state index in [0.717, 1.165) is 0 Å². The van der Waals surface area contributed by atoms with Gasteiger partial charge in [-0.25, -0.2) is 4.98 Å². The standard InChI is InChI=1S/C11H9N5O/c12-8-1-3-9(4-2-8)17-11-10-15-14-7-16(10)6-5-13-11/h1-7H,12H2. The molecule has 0 aliphatic carbocycles. The highest BCUT2D eigenvalue weighted by Crippen LogP contribution is 2.22. The van der Waals surface area contributed by atoms with Crippen molar-refractivity contribution in [3.05, 3.63) is 43.0 Å². The first-order valence-corrected chi connectivity index (χ1v) is 5.01. The predicted octanol–water partition coefficient (Wildman–Crippen LogP) is 1.50. The molecule has 0 amide bonds. The van der Waals surface area contributed by atoms with Crippen molar-refractivity contribution in [3.63, 3.8) is 0 Å². The molecule has 1 aromatic carbocycles. The predicted molar refractivity (Wildman–Crippen MR) is 61.7 cm³/mol. The average Bonchev–Trinajstić information content (AvgIpc) is 2.81. The second-order valence-electron chi connectivity index (χ2n) is 3.47. The van der Waals surface area contributed by atoms with Crippen LogP contribution in [0.4, 0.5) is 5.69 Å². The van der Waals surface area contributed by atoms with Gasteiger partial charge in [0, 0.05) is 18.1 Å². The molecule has 2 heterocycles. The maximum atomic E-state index is 5.61. The molecule has 0 bridgehead atoms. The Morgan fingerprint density at radius 1 is 1.18 bits per heavy atom. The van der Waals surface area contributed by atoms with Crippen molar-refractivity contribution < 1.29 is 4.74 Å². The van der Waals surface area contributed by atoms with Gasteiger partial charge in [0.25, 0.3) is 5.88 Å². The van der Waals surface area contributed by atoms with E-state index < -0.39 is 0 Å². The monoisotopic (exact) mass is 227 g/mol. The lowest BCUT2D eigenvalue weighted by Crippen LogP contribution is -1.93. The first-order valence-electron chi connectivity index (χ1n) is 5.01. The lowest BCUT2D eigenvalue weighted by molar-refractivity contribution is 0.465. The quantitative estimate of drug-likeness (QED) is 0.671. The highest BCUT2D eigenvalue weighted by atomic mass is 16.5. The van der Waals surface area contributed by atoms with Crippen molar-refractivity contribution in [2.75, 3.05) is 5.73 Å². The third-order valence-electron chi connectivity index (χ3n) is 2.28. The Bertz CT molecular complexity index is 646. The Labute approximate surface area is 96.7 Å². The van der Waals surface area contributed by atoms with Crippen molar-refractivity contribution in [1.82, 2.24) is 19.6 Å². The van der Waals surface area contributed by atoms with E-state index in [2.05, 4.69) is 15.2 Å². The molecule has 6 nitrogen and oxygen atoms in total. The van der Waals surface area contributed by atoms with E-state index in [0.29, 0.717) is 23.0 Å². The van der Waals surface area contributed by atoms with E-state index in [1.165, 1.54) is 0 Å². The van der Waals surface area contributed by atoms with Gasteiger partial charge in [0.2, 0.25) is 5.65 Å². The minimum Gasteiger partial charge on any atom is -0.436 e. The summed E-state index contributed by atoms with van der Waals surface area (Å²) in [4.78, 5) is 4.12. The van der Waals surface area contributed by atoms with Crippen molar-refractivity contribution in [1.29, 1.82) is 0 Å². The maximum absolute atomic E-state index is 5.61. The summed E-state index contributed by atoms with van der Waals surface area (Å²) >= 11 is 0. The fourth-order valence-corrected chi connectivity index (χ4v) is 1.45. The van der Waals surface area contributed by atoms with Crippen LogP contribution in [0, 0.1) is 0 Å². The van der Waals surface area contributed by atoms with Crippen LogP contribution in [0.3, 0.4) is 0 Å². The summed E-state index contributed by atoms with van der Waals surface area (Å²) in [7, 11) is 0. The van der Waals surface area contributed by atoms with Crippen LogP contribution in [-0.4, -0.2) is 19.6 Å². The Morgan fingerprint density at radius 2 is 2.00 bits per heavy atom. The van der Waals surface area contributed by atoms with Gasteiger partial charge in [-0.1, -0.05) is 0 Å². The number of ether oxygens (including phenoxy) is 1. The van der Waals surface area contributed by atoms with Crippen LogP contribution in [-0.2, 0) is 0 Å². The number of nitrogen functional groups attached to an aromatic ring is 1. The fraction of sp³-hybridized carbons (Fsp3) is 0. The second-order valence-corrected chi connectivity index (χ2v) is 3.47. The first-order chi connectivity index (χ1) is 8.33. The van der Waals surface area contributed by atoms with Crippen LogP contribution in [0.2, 0.25) is 0 Å². The second kappa shape index (κ2) is 3.75. The Morgan fingerprint density at radius 3 is 2.82 bits per heavy atom. The van der Waals surface area contributed by atoms with Gasteiger partial charge < -0.3 is 10.5 Å². The molecular formula is C11H9N5O. The van der Waals surface area contributed by atoms with E-state index in [1.54, 1.807) is 47.4 Å². The van der Waals surface area contributed by atoms with Crippen LogP contribution in [0.15, 0.2) is 43.0 Å². The fourth-order valence-electron chi connectivity index (χ4n) is 1.45. The summed E-state index contributed by atoms with van der Waals surface area (Å²) in [5, 5.41) is 7.72. The minimum absolute atomic E-state index is 0.412. The molecule has 3 aromatic rings. The van der Waals surface area contributed by atoms with Crippen molar-refractivity contribution in [3.8, 4) is 11.6 Å². The van der Waals surface area contributed by atoms with Crippen molar-refractivity contribution in [2.24, 2.45) is 0 Å². The third-order valence-corrected chi connectivity index (χ3v) is 2.28. The molecule has 0 spiro atoms. The largest absolute Gasteiger partial charge is 0.436 e. The minimum atomic E-state index is 0.412. The maximum Gasteiger partial charge on any atom is 0.265 e. The number of benzene rings is 1. The van der Waals surface area contributed by atoms with Gasteiger partial charge in [0.15, 0.2) is 0 Å². The number of nitrogens with two attached hydrogens (primary N) is 1. The number of aromatic nitrogens is 4. The normalized spacial score (nSPS) is 10.6. The summed E-state index contributed by atoms with van der Waals surface area (Å²) in [6.45, 7) is 0. The zero-order chi connectivity index (χ0) is 11.7. The molecule has 0 saturated carbocycles. The highest BCUT2D eigenvalue weighted by molar-refractivity contribution is 5.50. The van der Waals surface area contributed by atoms with E-state index in [1.807, 2.05) is 0 Å². The number of fused-ring (bicyclic) bond motifs is 1. The number of rotatable bonds is 2. The van der Waals surface area contributed by atoms with E-state index >= 15 is 0 Å². The molecule has 0 aliphatic heterocycles. The smallest absolute Gasteiger partial charge is 0.265 e. The lowest BCUT2D eigenvalue weighted by atomic mass is 10.3. The van der Waals surface area contributed by atoms with Gasteiger partial charge in [-0.15, -0.1) is 10.2 Å². The van der Waals surface area contributed by atoms with Gasteiger partial charge >= 0.3 is 0 Å². The van der Waals surface area contributed by atoms with Gasteiger partial charge in [0.05, 0.1) is 0 Å². The van der Waals surface area contributed by atoms with Crippen LogP contribution in [0.5, 0.6) is 11.6 Å². The van der Waals surface area contributed by atoms with Crippen molar-refractivity contribution in [2.45, 2.75) is 0 Å². The summed E-state index contributed by atoms with van der Waals surface area (Å²) < 4.78 is 7.35. The molecule has 2 aromatic heterocycles. The summed E-state index contributed by atoms with van der Waals surface area (Å²) in [6, 6.07) is 7.08. The molecule has 84 valence electrons. The molecule has 0 unspecified atom stereocenters. The number of hydrogen-bond acceptors (Lipinski definition) is 5. The summed E-state index contributed by atoms with van der Waals surface area (Å²) in [5.41, 5.74) is 6.86. The number of nitrogens with zero attached hydrogens (tertiary/aromatic N) is 4. The molecule has 0 saturated heterocycles. The topological polar surface area (TPSA) is 78.3 Å². The van der Waals surface area contributed by atoms with Gasteiger partial charge in [-0.3, -0.25) is 4.40 Å².